The van der Waals surface area contributed by atoms with Crippen LogP contribution in [0.15, 0.2) is 6.20 Å². The molecule has 1 aromatic rings. The maximum atomic E-state index is 11.9. The quantitative estimate of drug-likeness (QED) is 0.181. The van der Waals surface area contributed by atoms with Gasteiger partial charge in [-0.15, -0.1) is 5.10 Å². The van der Waals surface area contributed by atoms with Crippen molar-refractivity contribution in [3.63, 3.8) is 0 Å². The number of rotatable bonds is 23. The maximum Gasteiger partial charge on any atom is 0.220 e. The minimum Gasteiger partial charge on any atom is -0.378 e. The highest BCUT2D eigenvalue weighted by molar-refractivity contribution is 5.75. The van der Waals surface area contributed by atoms with Gasteiger partial charge in [0.05, 0.1) is 25.5 Å². The smallest absolute Gasteiger partial charge is 0.220 e. The van der Waals surface area contributed by atoms with Gasteiger partial charge in [0.1, 0.15) is 0 Å². The number of amides is 1. The van der Waals surface area contributed by atoms with Crippen molar-refractivity contribution in [2.45, 2.75) is 136 Å². The van der Waals surface area contributed by atoms with Gasteiger partial charge >= 0.3 is 0 Å². The number of aromatic nitrogens is 3. The van der Waals surface area contributed by atoms with Crippen molar-refractivity contribution in [2.24, 2.45) is 0 Å². The van der Waals surface area contributed by atoms with E-state index in [1.54, 1.807) is 0 Å². The molecule has 1 rings (SSSR count). The van der Waals surface area contributed by atoms with Gasteiger partial charge in [0, 0.05) is 19.2 Å². The molecule has 0 aliphatic heterocycles. The van der Waals surface area contributed by atoms with Gasteiger partial charge in [-0.1, -0.05) is 116 Å². The summed E-state index contributed by atoms with van der Waals surface area (Å²) in [4.78, 5) is 11.9. The number of ether oxygens (including phenoxy) is 1. The molecule has 6 heteroatoms. The molecular formula is C27H52N4O2. The van der Waals surface area contributed by atoms with Crippen LogP contribution in [0.1, 0.15) is 135 Å². The Bertz CT molecular complexity index is 574. The van der Waals surface area contributed by atoms with Gasteiger partial charge in [0.15, 0.2) is 0 Å². The molecule has 0 unspecified atom stereocenters. The van der Waals surface area contributed by atoms with E-state index in [1.165, 1.54) is 83.5 Å². The molecule has 0 aliphatic rings. The summed E-state index contributed by atoms with van der Waals surface area (Å²) < 4.78 is 7.40. The zero-order chi connectivity index (χ0) is 24.0. The third kappa shape index (κ3) is 17.7. The number of hydrogen-bond donors (Lipinski definition) is 1. The largest absolute Gasteiger partial charge is 0.378 e. The van der Waals surface area contributed by atoms with E-state index in [1.807, 2.05) is 10.9 Å². The minimum atomic E-state index is 0.145. The number of unbranched alkanes of at least 4 members (excludes halogenated alkanes) is 14. The lowest BCUT2D eigenvalue weighted by Gasteiger charge is -2.07. The molecule has 0 aromatic carbocycles. The van der Waals surface area contributed by atoms with Crippen molar-refractivity contribution in [2.75, 3.05) is 19.8 Å². The van der Waals surface area contributed by atoms with Crippen LogP contribution in [0, 0.1) is 0 Å². The first-order chi connectivity index (χ1) is 16.1. The van der Waals surface area contributed by atoms with Crippen LogP contribution in [0.5, 0.6) is 0 Å². The number of carbonyl (C=O) groups excluding carboxylic acids is 1. The molecule has 6 nitrogen and oxygen atoms in total. The molecule has 0 spiro atoms. The van der Waals surface area contributed by atoms with E-state index in [9.17, 15) is 4.79 Å². The van der Waals surface area contributed by atoms with Gasteiger partial charge in [-0.2, -0.15) is 0 Å². The Morgan fingerprint density at radius 2 is 1.42 bits per heavy atom. The number of nitrogens with one attached hydrogen (secondary N) is 1. The van der Waals surface area contributed by atoms with Gasteiger partial charge in [0.2, 0.25) is 5.91 Å². The van der Waals surface area contributed by atoms with E-state index in [2.05, 4.69) is 36.4 Å². The van der Waals surface area contributed by atoms with Crippen molar-refractivity contribution in [1.29, 1.82) is 0 Å². The first-order valence-corrected chi connectivity index (χ1v) is 13.9. The molecule has 1 aromatic heterocycles. The lowest BCUT2D eigenvalue weighted by atomic mass is 10.0. The average Bonchev–Trinajstić information content (AvgIpc) is 3.28. The molecule has 1 amide bonds. The van der Waals surface area contributed by atoms with Crippen LogP contribution in [0.3, 0.4) is 0 Å². The van der Waals surface area contributed by atoms with Gasteiger partial charge in [-0.3, -0.25) is 4.79 Å². The standard InChI is InChI=1S/C27H52N4O2/c1-4-5-6-7-8-9-10-11-12-13-14-15-16-17-18-19-27(32)28-20-22-33-23-21-31-24-26(25(2)3)29-30-31/h24-25H,4-23H2,1-3H3,(H,28,32). The van der Waals surface area contributed by atoms with Crippen molar-refractivity contribution in [1.82, 2.24) is 20.3 Å². The summed E-state index contributed by atoms with van der Waals surface area (Å²) in [6, 6.07) is 0. The van der Waals surface area contributed by atoms with Crippen molar-refractivity contribution < 1.29 is 9.53 Å². The third-order valence-electron chi connectivity index (χ3n) is 6.19. The van der Waals surface area contributed by atoms with Crippen LogP contribution in [-0.4, -0.2) is 40.7 Å². The second kappa shape index (κ2) is 21.1. The second-order valence-corrected chi connectivity index (χ2v) is 9.72. The summed E-state index contributed by atoms with van der Waals surface area (Å²) in [7, 11) is 0. The number of nitrogens with zero attached hydrogens (tertiary/aromatic N) is 3. The van der Waals surface area contributed by atoms with Crippen LogP contribution in [0.2, 0.25) is 0 Å². The van der Waals surface area contributed by atoms with E-state index in [0.717, 1.165) is 18.5 Å². The van der Waals surface area contributed by atoms with Gasteiger partial charge in [-0.25, -0.2) is 4.68 Å². The average molecular weight is 465 g/mol. The molecule has 0 saturated carbocycles. The molecule has 33 heavy (non-hydrogen) atoms. The normalized spacial score (nSPS) is 11.4. The Labute approximate surface area is 203 Å². The molecule has 192 valence electrons. The topological polar surface area (TPSA) is 69.0 Å². The zero-order valence-corrected chi connectivity index (χ0v) is 22.0. The predicted octanol–water partition coefficient (Wildman–Crippen LogP) is 6.80. The molecular weight excluding hydrogens is 412 g/mol. The Hall–Kier alpha value is -1.43. The maximum absolute atomic E-state index is 11.9. The summed E-state index contributed by atoms with van der Waals surface area (Å²) in [5.74, 6) is 0.533. The van der Waals surface area contributed by atoms with Crippen LogP contribution in [-0.2, 0) is 16.1 Å². The summed E-state index contributed by atoms with van der Waals surface area (Å²) in [6.45, 7) is 8.87. The summed E-state index contributed by atoms with van der Waals surface area (Å²) in [5.41, 5.74) is 1.00. The first kappa shape index (κ1) is 29.6. The van der Waals surface area contributed by atoms with E-state index < -0.39 is 0 Å². The van der Waals surface area contributed by atoms with E-state index in [-0.39, 0.29) is 5.91 Å². The molecule has 0 saturated heterocycles. The lowest BCUT2D eigenvalue weighted by molar-refractivity contribution is -0.121. The molecule has 0 atom stereocenters. The van der Waals surface area contributed by atoms with E-state index >= 15 is 0 Å². The highest BCUT2D eigenvalue weighted by Crippen LogP contribution is 2.13. The Morgan fingerprint density at radius 3 is 1.94 bits per heavy atom. The number of carbonyl (C=O) groups is 1. The lowest BCUT2D eigenvalue weighted by Crippen LogP contribution is -2.27. The van der Waals surface area contributed by atoms with Crippen LogP contribution in [0.25, 0.3) is 0 Å². The van der Waals surface area contributed by atoms with Crippen molar-refractivity contribution in [3.05, 3.63) is 11.9 Å². The van der Waals surface area contributed by atoms with Gasteiger partial charge in [-0.05, 0) is 12.3 Å². The fourth-order valence-corrected chi connectivity index (χ4v) is 3.96. The summed E-state index contributed by atoms with van der Waals surface area (Å²) in [5, 5.41) is 11.2. The van der Waals surface area contributed by atoms with Gasteiger partial charge in [0.25, 0.3) is 0 Å². The summed E-state index contributed by atoms with van der Waals surface area (Å²) >= 11 is 0. The molecule has 0 fully saturated rings. The predicted molar refractivity (Wildman–Crippen MR) is 137 cm³/mol. The molecule has 0 bridgehead atoms. The summed E-state index contributed by atoms with van der Waals surface area (Å²) in [6.07, 6.45) is 22.8. The van der Waals surface area contributed by atoms with Gasteiger partial charge < -0.3 is 10.1 Å². The third-order valence-corrected chi connectivity index (χ3v) is 6.19. The Morgan fingerprint density at radius 1 is 0.879 bits per heavy atom. The number of hydrogen-bond acceptors (Lipinski definition) is 4. The second-order valence-electron chi connectivity index (χ2n) is 9.72. The monoisotopic (exact) mass is 464 g/mol. The van der Waals surface area contributed by atoms with E-state index in [0.29, 0.717) is 38.6 Å². The highest BCUT2D eigenvalue weighted by atomic mass is 16.5. The molecule has 1 heterocycles. The Balaban J connectivity index is 1.78. The first-order valence-electron chi connectivity index (χ1n) is 13.9. The molecule has 0 aliphatic carbocycles. The molecule has 0 radical (unpaired) electrons. The molecule has 1 N–H and O–H groups in total. The SMILES string of the molecule is CCCCCCCCCCCCCCCCCC(=O)NCCOCCn1cc(C(C)C)nn1. The highest BCUT2D eigenvalue weighted by Gasteiger charge is 2.05. The zero-order valence-electron chi connectivity index (χ0n) is 22.0. The van der Waals surface area contributed by atoms with Crippen LogP contribution >= 0.6 is 0 Å². The van der Waals surface area contributed by atoms with E-state index in [4.69, 9.17) is 4.74 Å². The fourth-order valence-electron chi connectivity index (χ4n) is 3.96. The minimum absolute atomic E-state index is 0.145. The van der Waals surface area contributed by atoms with Crippen LogP contribution in [0.4, 0.5) is 0 Å². The fraction of sp³-hybridized carbons (Fsp3) is 0.889. The van der Waals surface area contributed by atoms with Crippen molar-refractivity contribution >= 4 is 5.91 Å². The van der Waals surface area contributed by atoms with Crippen molar-refractivity contribution in [3.8, 4) is 0 Å². The van der Waals surface area contributed by atoms with Crippen LogP contribution < -0.4 is 5.32 Å². The Kier molecular flexibility index (Phi) is 19.0.